The molecule has 0 heteroatoms. The van der Waals surface area contributed by atoms with Gasteiger partial charge in [-0.25, -0.2) is 0 Å². The predicted octanol–water partition coefficient (Wildman–Crippen LogP) is 6.29. The number of hydrogen-bond acceptors (Lipinski definition) is 0. The first-order valence-electron chi connectivity index (χ1n) is 7.64. The normalized spacial score (nSPS) is 8.91. The molecule has 3 rings (SSSR count). The number of aryl methyl sites for hydroxylation is 4. The second kappa shape index (κ2) is 10.4. The first kappa shape index (κ1) is 17.7. The zero-order valence-electron chi connectivity index (χ0n) is 14.1. The number of rotatable bonds is 0. The highest BCUT2D eigenvalue weighted by atomic mass is 13.9. The molecule has 0 N–H and O–H groups in total. The van der Waals surface area contributed by atoms with Crippen molar-refractivity contribution in [3.8, 4) is 0 Å². The molecule has 0 aromatic heterocycles. The minimum Gasteiger partial charge on any atom is -0.0623 e. The van der Waals surface area contributed by atoms with E-state index in [1.165, 1.54) is 22.3 Å². The van der Waals surface area contributed by atoms with E-state index in [0.29, 0.717) is 0 Å². The quantitative estimate of drug-likeness (QED) is 0.456. The van der Waals surface area contributed by atoms with Gasteiger partial charge in [-0.15, -0.1) is 0 Å². The smallest absolute Gasteiger partial charge is 0.0398 e. The van der Waals surface area contributed by atoms with E-state index >= 15 is 0 Å². The highest BCUT2D eigenvalue weighted by molar-refractivity contribution is 5.20. The molecule has 0 unspecified atom stereocenters. The minimum absolute atomic E-state index is 1.33. The Morgan fingerprint density at radius 2 is 0.455 bits per heavy atom. The highest BCUT2D eigenvalue weighted by Crippen LogP contribution is 2.00. The fourth-order valence-corrected chi connectivity index (χ4v) is 1.66. The molecule has 22 heavy (non-hydrogen) atoms. The van der Waals surface area contributed by atoms with Gasteiger partial charge in [0, 0.05) is 0 Å². The van der Waals surface area contributed by atoms with E-state index in [9.17, 15) is 0 Å². The molecule has 0 nitrogen and oxygen atoms in total. The van der Waals surface area contributed by atoms with Crippen molar-refractivity contribution >= 4 is 0 Å². The molecule has 3 aromatic rings. The van der Waals surface area contributed by atoms with Gasteiger partial charge in [-0.2, -0.15) is 0 Å². The molecule has 0 fully saturated rings. The molecule has 0 heterocycles. The third kappa shape index (κ3) is 8.76. The second-order valence-electron chi connectivity index (χ2n) is 5.46. The van der Waals surface area contributed by atoms with Gasteiger partial charge in [-0.3, -0.25) is 0 Å². The zero-order chi connectivity index (χ0) is 16.2. The molecule has 0 atom stereocenters. The van der Waals surface area contributed by atoms with E-state index in [2.05, 4.69) is 76.2 Å². The molecule has 0 bridgehead atoms. The molecule has 0 radical (unpaired) electrons. The van der Waals surface area contributed by atoms with Crippen LogP contribution < -0.4 is 0 Å². The maximum Gasteiger partial charge on any atom is -0.0398 e. The Balaban J connectivity index is 0.000000167. The van der Waals surface area contributed by atoms with Crippen LogP contribution in [-0.2, 0) is 0 Å². The summed E-state index contributed by atoms with van der Waals surface area (Å²) in [5, 5.41) is 0. The van der Waals surface area contributed by atoms with Crippen molar-refractivity contribution in [2.24, 2.45) is 0 Å². The minimum atomic E-state index is 1.33. The van der Waals surface area contributed by atoms with Crippen LogP contribution in [0.15, 0.2) is 84.9 Å². The molecule has 3 aromatic carbocycles. The summed E-state index contributed by atoms with van der Waals surface area (Å²) in [4.78, 5) is 0. The van der Waals surface area contributed by atoms with Gasteiger partial charge in [0.1, 0.15) is 0 Å². The molecule has 114 valence electrons. The molecule has 0 aliphatic rings. The van der Waals surface area contributed by atoms with Gasteiger partial charge in [-0.05, 0) is 27.7 Å². The van der Waals surface area contributed by atoms with Crippen LogP contribution in [0.5, 0.6) is 0 Å². The molecule has 0 aliphatic carbocycles. The average molecular weight is 290 g/mol. The summed E-state index contributed by atoms with van der Waals surface area (Å²) in [6.07, 6.45) is 0. The van der Waals surface area contributed by atoms with Gasteiger partial charge >= 0.3 is 0 Å². The van der Waals surface area contributed by atoms with Crippen molar-refractivity contribution in [3.05, 3.63) is 107 Å². The van der Waals surface area contributed by atoms with Crippen molar-refractivity contribution in [3.63, 3.8) is 0 Å². The molecule has 0 amide bonds. The van der Waals surface area contributed by atoms with Gasteiger partial charge in [0.2, 0.25) is 0 Å². The van der Waals surface area contributed by atoms with Crippen LogP contribution in [-0.4, -0.2) is 0 Å². The van der Waals surface area contributed by atoms with Crippen molar-refractivity contribution in [2.75, 3.05) is 0 Å². The summed E-state index contributed by atoms with van der Waals surface area (Å²) in [5.41, 5.74) is 5.32. The van der Waals surface area contributed by atoms with E-state index < -0.39 is 0 Å². The van der Waals surface area contributed by atoms with Gasteiger partial charge < -0.3 is 0 Å². The summed E-state index contributed by atoms with van der Waals surface area (Å²) in [5.74, 6) is 0. The van der Waals surface area contributed by atoms with Gasteiger partial charge in [0.15, 0.2) is 0 Å². The molecular weight excluding hydrogens is 264 g/mol. The van der Waals surface area contributed by atoms with E-state index in [-0.39, 0.29) is 0 Å². The summed E-state index contributed by atoms with van der Waals surface area (Å²) in [7, 11) is 0. The van der Waals surface area contributed by atoms with Crippen LogP contribution in [0.3, 0.4) is 0 Å². The lowest BCUT2D eigenvalue weighted by atomic mass is 10.2. The SMILES string of the molecule is Cc1ccc(C)cc1.Cc1ccc(C)cc1.c1ccccc1. The Bertz CT molecular complexity index is 492. The summed E-state index contributed by atoms with van der Waals surface area (Å²) >= 11 is 0. The highest BCUT2D eigenvalue weighted by Gasteiger charge is 1.80. The first-order chi connectivity index (χ1) is 10.6. The average Bonchev–Trinajstić information content (AvgIpc) is 2.56. The topological polar surface area (TPSA) is 0 Å². The van der Waals surface area contributed by atoms with Crippen molar-refractivity contribution in [1.29, 1.82) is 0 Å². The fourth-order valence-electron chi connectivity index (χ4n) is 1.66. The molecule has 0 aliphatic heterocycles. The van der Waals surface area contributed by atoms with Gasteiger partial charge in [0.25, 0.3) is 0 Å². The third-order valence-corrected chi connectivity index (χ3v) is 3.10. The number of hydrogen-bond donors (Lipinski definition) is 0. The Hall–Kier alpha value is -2.34. The van der Waals surface area contributed by atoms with Gasteiger partial charge in [-0.1, -0.05) is 107 Å². The van der Waals surface area contributed by atoms with E-state index in [1.54, 1.807) is 0 Å². The molecule has 0 saturated carbocycles. The standard InChI is InChI=1S/2C8H10.C6H6/c2*1-7-3-5-8(2)6-4-7;1-2-4-6-5-3-1/h2*3-6H,1-2H3;1-6H. The largest absolute Gasteiger partial charge is 0.0623 e. The Morgan fingerprint density at radius 3 is 0.591 bits per heavy atom. The third-order valence-electron chi connectivity index (χ3n) is 3.10. The lowest BCUT2D eigenvalue weighted by Gasteiger charge is -1.90. The monoisotopic (exact) mass is 290 g/mol. The summed E-state index contributed by atoms with van der Waals surface area (Å²) in [6.45, 7) is 8.39. The maximum absolute atomic E-state index is 2.12. The second-order valence-corrected chi connectivity index (χ2v) is 5.46. The van der Waals surface area contributed by atoms with Crippen LogP contribution in [0.4, 0.5) is 0 Å². The zero-order valence-corrected chi connectivity index (χ0v) is 14.1. The van der Waals surface area contributed by atoms with Crippen LogP contribution >= 0.6 is 0 Å². The van der Waals surface area contributed by atoms with E-state index in [1.807, 2.05) is 36.4 Å². The van der Waals surface area contributed by atoms with Crippen LogP contribution in [0.25, 0.3) is 0 Å². The fraction of sp³-hybridized carbons (Fsp3) is 0.182. The lowest BCUT2D eigenvalue weighted by molar-refractivity contribution is 1.40. The number of benzene rings is 3. The Morgan fingerprint density at radius 1 is 0.318 bits per heavy atom. The summed E-state index contributed by atoms with van der Waals surface area (Å²) < 4.78 is 0. The molecular formula is C22H26. The molecule has 0 saturated heterocycles. The van der Waals surface area contributed by atoms with Crippen molar-refractivity contribution in [1.82, 2.24) is 0 Å². The Labute approximate surface area is 135 Å². The van der Waals surface area contributed by atoms with E-state index in [0.717, 1.165) is 0 Å². The summed E-state index contributed by atoms with van der Waals surface area (Å²) in [6, 6.07) is 29.0. The molecule has 0 spiro atoms. The van der Waals surface area contributed by atoms with Crippen LogP contribution in [0.1, 0.15) is 22.3 Å². The maximum atomic E-state index is 2.12. The van der Waals surface area contributed by atoms with Crippen molar-refractivity contribution < 1.29 is 0 Å². The van der Waals surface area contributed by atoms with Crippen LogP contribution in [0, 0.1) is 27.7 Å². The van der Waals surface area contributed by atoms with Gasteiger partial charge in [0.05, 0.1) is 0 Å². The predicted molar refractivity (Wildman–Crippen MR) is 98.3 cm³/mol. The van der Waals surface area contributed by atoms with E-state index in [4.69, 9.17) is 0 Å². The van der Waals surface area contributed by atoms with Crippen molar-refractivity contribution in [2.45, 2.75) is 27.7 Å². The Kier molecular flexibility index (Phi) is 8.37. The lowest BCUT2D eigenvalue weighted by Crippen LogP contribution is -1.70. The first-order valence-corrected chi connectivity index (χ1v) is 7.64. The van der Waals surface area contributed by atoms with Crippen LogP contribution in [0.2, 0.25) is 0 Å².